The molecule has 1 aliphatic rings. The summed E-state index contributed by atoms with van der Waals surface area (Å²) in [5, 5.41) is 9.63. The number of methoxy groups -OCH3 is 1. The summed E-state index contributed by atoms with van der Waals surface area (Å²) in [5.41, 5.74) is 0. The van der Waals surface area contributed by atoms with Crippen molar-refractivity contribution < 1.29 is 39.8 Å². The normalized spacial score (nSPS) is 34.8. The lowest BCUT2D eigenvalue weighted by atomic mass is 10.0. The molecule has 0 aromatic carbocycles. The van der Waals surface area contributed by atoms with Gasteiger partial charge in [-0.15, -0.1) is 0 Å². The minimum Gasteiger partial charge on any atom is -0.467 e. The Kier molecular flexibility index (Phi) is 6.53. The molecule has 31 heavy (non-hydrogen) atoms. The van der Waals surface area contributed by atoms with Crippen LogP contribution >= 0.6 is 0 Å². The number of ether oxygens (including phenoxy) is 3. The van der Waals surface area contributed by atoms with Crippen molar-refractivity contribution in [2.24, 2.45) is 0 Å². The van der Waals surface area contributed by atoms with Crippen molar-refractivity contribution in [2.45, 2.75) is 122 Å². The van der Waals surface area contributed by atoms with Crippen molar-refractivity contribution >= 4 is 22.6 Å². The van der Waals surface area contributed by atoms with Crippen LogP contribution in [0.15, 0.2) is 0 Å². The smallest absolute Gasteiger partial charge is 0.337 e. The molecule has 1 heterocycles. The first-order valence-corrected chi connectivity index (χ1v) is 16.3. The van der Waals surface area contributed by atoms with Crippen molar-refractivity contribution in [3.8, 4) is 0 Å². The topological polar surface area (TPSA) is 83.5 Å². The van der Waals surface area contributed by atoms with E-state index in [0.29, 0.717) is 0 Å². The Morgan fingerprint density at radius 2 is 1.55 bits per heavy atom. The van der Waals surface area contributed by atoms with Crippen LogP contribution in [0.1, 0.15) is 62.2 Å². The van der Waals surface area contributed by atoms with Gasteiger partial charge in [0.15, 0.2) is 28.5 Å². The van der Waals surface area contributed by atoms with E-state index in [1.54, 1.807) is 26.2 Å². The Bertz CT molecular complexity index is 846. The van der Waals surface area contributed by atoms with Crippen LogP contribution in [0.2, 0.25) is 36.3 Å². The standard InChI is InChI=1S/C22H46O7Si2/c1-20(2,3)30(10,11)28-15(14-23)16(29-31(12,13)21(4,5)6)17-18(19(24)25-9)27-22(7,8)26-17/h15-18,23H,14H2,1-13H3/t15-,16-,17-,18-/m1/s1/i14D,15D,16D,17D,18D/t14?,15-,16-,17-,18-. The van der Waals surface area contributed by atoms with E-state index in [1.165, 1.54) is 13.8 Å². The van der Waals surface area contributed by atoms with Crippen LogP contribution in [-0.4, -0.2) is 71.5 Å². The Labute approximate surface area is 198 Å². The van der Waals surface area contributed by atoms with Crippen molar-refractivity contribution in [3.63, 3.8) is 0 Å². The molecule has 1 rings (SSSR count). The molecule has 0 aromatic rings. The highest BCUT2D eigenvalue weighted by atomic mass is 28.4. The van der Waals surface area contributed by atoms with Gasteiger partial charge in [-0.05, 0) is 50.1 Å². The zero-order valence-corrected chi connectivity index (χ0v) is 23.5. The van der Waals surface area contributed by atoms with Crippen molar-refractivity contribution in [2.75, 3.05) is 13.7 Å². The van der Waals surface area contributed by atoms with E-state index in [2.05, 4.69) is 0 Å². The van der Waals surface area contributed by atoms with Crippen LogP contribution < -0.4 is 0 Å². The van der Waals surface area contributed by atoms with E-state index in [9.17, 15) is 14.0 Å². The Hall–Kier alpha value is -0.296. The molecule has 1 N–H and O–H groups in total. The molecule has 184 valence electrons. The molecule has 9 heteroatoms. The third kappa shape index (κ3) is 6.85. The van der Waals surface area contributed by atoms with Gasteiger partial charge in [-0.25, -0.2) is 4.79 Å². The predicted molar refractivity (Wildman–Crippen MR) is 127 cm³/mol. The summed E-state index contributed by atoms with van der Waals surface area (Å²) in [5.74, 6) is -3.11. The highest BCUT2D eigenvalue weighted by Gasteiger charge is 2.55. The number of carbonyl (C=O) groups is 1. The largest absolute Gasteiger partial charge is 0.467 e. The van der Waals surface area contributed by atoms with E-state index in [-0.39, 0.29) is 0 Å². The first kappa shape index (κ1) is 21.3. The second-order valence-corrected chi connectivity index (χ2v) is 20.8. The molecule has 0 radical (unpaired) electrons. The maximum Gasteiger partial charge on any atom is 0.337 e. The van der Waals surface area contributed by atoms with Gasteiger partial charge in [0.1, 0.15) is 12.2 Å². The Morgan fingerprint density at radius 1 is 1.10 bits per heavy atom. The summed E-state index contributed by atoms with van der Waals surface area (Å²) in [6.45, 7) is 18.4. The second kappa shape index (κ2) is 9.52. The Balaban J connectivity index is 4.17. The van der Waals surface area contributed by atoms with E-state index in [4.69, 9.17) is 25.8 Å². The lowest BCUT2D eigenvalue weighted by molar-refractivity contribution is -0.170. The SMILES string of the molecule is [2H]C(O)[C@@]([2H])(O[Si](C)(C)C(C)(C)C)[C@@]([2H])(O[Si](C)(C)C(C)(C)C)[C@@]1([2H])OC(C)(C)O[C@@]1([2H])C(=O)OC. The van der Waals surface area contributed by atoms with Crippen LogP contribution in [0.25, 0.3) is 0 Å². The number of esters is 1. The van der Waals surface area contributed by atoms with Gasteiger partial charge in [-0.3, -0.25) is 0 Å². The quantitative estimate of drug-likeness (QED) is 0.403. The molecule has 7 nitrogen and oxygen atoms in total. The van der Waals surface area contributed by atoms with Gasteiger partial charge in [0.2, 0.25) is 0 Å². The average Bonchev–Trinajstić information content (AvgIpc) is 2.83. The van der Waals surface area contributed by atoms with Gasteiger partial charge in [0.05, 0.1) is 26.6 Å². The highest BCUT2D eigenvalue weighted by Crippen LogP contribution is 2.43. The van der Waals surface area contributed by atoms with Gasteiger partial charge in [-0.2, -0.15) is 0 Å². The van der Waals surface area contributed by atoms with Gasteiger partial charge in [-0.1, -0.05) is 41.5 Å². The molecule has 0 aliphatic carbocycles. The predicted octanol–water partition coefficient (Wildman–Crippen LogP) is 4.45. The average molecular weight is 484 g/mol. The summed E-state index contributed by atoms with van der Waals surface area (Å²) in [6.07, 6.45) is -12.3. The molecule has 0 bridgehead atoms. The van der Waals surface area contributed by atoms with Gasteiger partial charge in [0.25, 0.3) is 0 Å². The summed E-state index contributed by atoms with van der Waals surface area (Å²) >= 11 is 0. The molecule has 1 aliphatic heterocycles. The molecule has 0 amide bonds. The summed E-state index contributed by atoms with van der Waals surface area (Å²) in [4.78, 5) is 12.9. The first-order valence-electron chi connectivity index (χ1n) is 13.1. The zero-order chi connectivity index (χ0) is 29.2. The molecule has 0 saturated carbocycles. The maximum atomic E-state index is 12.9. The summed E-state index contributed by atoms with van der Waals surface area (Å²) in [6, 6.07) is 0. The molecule has 5 atom stereocenters. The minimum absolute atomic E-state index is 0.534. The molecule has 1 fully saturated rings. The fourth-order valence-electron chi connectivity index (χ4n) is 2.16. The van der Waals surface area contributed by atoms with E-state index in [0.717, 1.165) is 7.11 Å². The zero-order valence-electron chi connectivity index (χ0n) is 26.5. The van der Waals surface area contributed by atoms with E-state index in [1.807, 2.05) is 41.5 Å². The van der Waals surface area contributed by atoms with Crippen molar-refractivity contribution in [1.82, 2.24) is 0 Å². The van der Waals surface area contributed by atoms with Crippen LogP contribution in [0.3, 0.4) is 0 Å². The number of aliphatic hydroxyl groups is 1. The number of rotatable bonds is 8. The monoisotopic (exact) mass is 483 g/mol. The molecular formula is C22H46O7Si2. The van der Waals surface area contributed by atoms with Gasteiger partial charge >= 0.3 is 5.97 Å². The third-order valence-electron chi connectivity index (χ3n) is 6.15. The molecule has 0 aromatic heterocycles. The maximum absolute atomic E-state index is 12.9. The lowest BCUT2D eigenvalue weighted by Gasteiger charge is -2.46. The molecular weight excluding hydrogens is 432 g/mol. The minimum atomic E-state index is -3.14. The first-order chi connectivity index (χ1) is 15.5. The molecule has 0 spiro atoms. The van der Waals surface area contributed by atoms with E-state index >= 15 is 0 Å². The van der Waals surface area contributed by atoms with Crippen LogP contribution in [-0.2, 0) is 27.9 Å². The van der Waals surface area contributed by atoms with E-state index < -0.39 is 69.4 Å². The number of hydrogen-bond acceptors (Lipinski definition) is 7. The fraction of sp³-hybridized carbons (Fsp3) is 0.955. The van der Waals surface area contributed by atoms with Gasteiger partial charge < -0.3 is 28.2 Å². The summed E-state index contributed by atoms with van der Waals surface area (Å²) < 4.78 is 74.2. The van der Waals surface area contributed by atoms with Crippen LogP contribution in [0.4, 0.5) is 0 Å². The fourth-order valence-corrected chi connectivity index (χ4v) is 4.17. The van der Waals surface area contributed by atoms with Crippen molar-refractivity contribution in [1.29, 1.82) is 0 Å². The highest BCUT2D eigenvalue weighted by molar-refractivity contribution is 6.74. The summed E-state index contributed by atoms with van der Waals surface area (Å²) in [7, 11) is -5.19. The van der Waals surface area contributed by atoms with Crippen molar-refractivity contribution in [3.05, 3.63) is 0 Å². The number of carbonyl (C=O) groups excluding carboxylic acids is 1. The molecule has 1 unspecified atom stereocenters. The van der Waals surface area contributed by atoms with Crippen LogP contribution in [0, 0.1) is 0 Å². The second-order valence-electron chi connectivity index (χ2n) is 11.3. The molecule has 1 saturated heterocycles. The lowest BCUT2D eigenvalue weighted by Crippen LogP contribution is -2.58. The van der Waals surface area contributed by atoms with Crippen LogP contribution in [0.5, 0.6) is 0 Å². The number of aliphatic hydroxyl groups excluding tert-OH is 1. The third-order valence-corrected chi connectivity index (χ3v) is 14.8. The van der Waals surface area contributed by atoms with Gasteiger partial charge in [0, 0.05) is 0 Å². The number of hydrogen-bond donors (Lipinski definition) is 1. The Morgan fingerprint density at radius 3 is 1.94 bits per heavy atom.